The molecular weight excluding hydrogens is 398 g/mol. The number of carbonyl (C=O) groups is 1. The first-order valence-corrected chi connectivity index (χ1v) is 10.2. The molecule has 1 saturated carbocycles. The van der Waals surface area contributed by atoms with Crippen molar-refractivity contribution in [2.45, 2.75) is 57.2 Å². The van der Waals surface area contributed by atoms with E-state index >= 15 is 0 Å². The highest BCUT2D eigenvalue weighted by Gasteiger charge is 2.52. The Kier molecular flexibility index (Phi) is 6.25. The summed E-state index contributed by atoms with van der Waals surface area (Å²) in [5.41, 5.74) is 0.177. The van der Waals surface area contributed by atoms with Crippen LogP contribution in [-0.4, -0.2) is 51.9 Å². The zero-order valence-corrected chi connectivity index (χ0v) is 17.6. The maximum Gasteiger partial charge on any atom is 0.258 e. The van der Waals surface area contributed by atoms with Gasteiger partial charge in [0.05, 0.1) is 35.6 Å². The van der Waals surface area contributed by atoms with Gasteiger partial charge in [-0.25, -0.2) is 0 Å². The van der Waals surface area contributed by atoms with Gasteiger partial charge in [-0.05, 0) is 69.9 Å². The quantitative estimate of drug-likeness (QED) is 0.735. The number of hydrogen-bond acceptors (Lipinski definition) is 5. The summed E-state index contributed by atoms with van der Waals surface area (Å²) < 4.78 is 5.65. The summed E-state index contributed by atoms with van der Waals surface area (Å²) in [6.07, 6.45) is 3.63. The number of nitriles is 1. The van der Waals surface area contributed by atoms with Crippen molar-refractivity contribution in [3.8, 4) is 6.07 Å². The van der Waals surface area contributed by atoms with Gasteiger partial charge in [-0.2, -0.15) is 5.26 Å². The summed E-state index contributed by atoms with van der Waals surface area (Å²) in [6, 6.07) is 7.10. The van der Waals surface area contributed by atoms with Gasteiger partial charge in [0, 0.05) is 6.04 Å². The average molecular weight is 422 g/mol. The molecule has 3 rings (SSSR count). The van der Waals surface area contributed by atoms with Crippen LogP contribution in [0.2, 0.25) is 5.02 Å². The topological polar surface area (TPSA) is 76.8 Å². The molecule has 6 nitrogen and oxygen atoms in total. The van der Waals surface area contributed by atoms with Crippen LogP contribution in [0.25, 0.3) is 0 Å². The second kappa shape index (κ2) is 8.34. The summed E-state index contributed by atoms with van der Waals surface area (Å²) >= 11 is 11.9. The molecule has 2 fully saturated rings. The third kappa shape index (κ3) is 3.74. The lowest BCUT2D eigenvalue weighted by atomic mass is 9.89. The minimum atomic E-state index is -0.763. The van der Waals surface area contributed by atoms with Crippen molar-refractivity contribution in [3.05, 3.63) is 28.8 Å². The predicted octanol–water partition coefficient (Wildman–Crippen LogP) is 3.24. The first kappa shape index (κ1) is 21.0. The molecular formula is C20H24ClN3O3S. The summed E-state index contributed by atoms with van der Waals surface area (Å²) in [4.78, 5) is 16.8. The van der Waals surface area contributed by atoms with Crippen LogP contribution in [0, 0.1) is 11.3 Å². The van der Waals surface area contributed by atoms with Gasteiger partial charge in [0.25, 0.3) is 5.91 Å². The van der Waals surface area contributed by atoms with E-state index in [2.05, 4.69) is 0 Å². The first-order valence-electron chi connectivity index (χ1n) is 9.41. The fourth-order valence-corrected chi connectivity index (χ4v) is 4.86. The number of rotatable bonds is 5. The summed E-state index contributed by atoms with van der Waals surface area (Å²) in [6.45, 7) is 4.16. The van der Waals surface area contributed by atoms with E-state index in [0.29, 0.717) is 28.0 Å². The Morgan fingerprint density at radius 1 is 1.36 bits per heavy atom. The number of ether oxygens (including phenoxy) is 1. The molecule has 1 aliphatic carbocycles. The normalized spacial score (nSPS) is 24.5. The Morgan fingerprint density at radius 2 is 2.04 bits per heavy atom. The third-order valence-electron chi connectivity index (χ3n) is 5.51. The largest absolute Gasteiger partial charge is 0.394 e. The Labute approximate surface area is 175 Å². The van der Waals surface area contributed by atoms with Gasteiger partial charge in [-0.3, -0.25) is 9.69 Å². The van der Waals surface area contributed by atoms with E-state index in [0.717, 1.165) is 25.7 Å². The number of thiocarbonyl (C=S) groups is 1. The fourth-order valence-electron chi connectivity index (χ4n) is 4.07. The monoisotopic (exact) mass is 421 g/mol. The van der Waals surface area contributed by atoms with Crippen molar-refractivity contribution in [3.63, 3.8) is 0 Å². The number of benzene rings is 1. The maximum atomic E-state index is 13.2. The second-order valence-corrected chi connectivity index (χ2v) is 8.43. The van der Waals surface area contributed by atoms with Crippen LogP contribution < -0.4 is 4.90 Å². The van der Waals surface area contributed by atoms with Gasteiger partial charge in [-0.15, -0.1) is 0 Å². The van der Waals surface area contributed by atoms with Crippen LogP contribution in [0.4, 0.5) is 5.69 Å². The van der Waals surface area contributed by atoms with Crippen molar-refractivity contribution >= 4 is 40.5 Å². The Bertz CT molecular complexity index is 815. The van der Waals surface area contributed by atoms with Crippen molar-refractivity contribution in [1.82, 2.24) is 4.90 Å². The minimum absolute atomic E-state index is 0.0276. The average Bonchev–Trinajstić information content (AvgIpc) is 2.85. The van der Waals surface area contributed by atoms with Crippen LogP contribution in [0.1, 0.15) is 45.1 Å². The molecule has 28 heavy (non-hydrogen) atoms. The molecule has 0 unspecified atom stereocenters. The summed E-state index contributed by atoms with van der Waals surface area (Å²) in [5.74, 6) is -0.100. The van der Waals surface area contributed by atoms with Crippen molar-refractivity contribution in [2.24, 2.45) is 0 Å². The number of aliphatic hydroxyl groups is 1. The lowest BCUT2D eigenvalue weighted by Gasteiger charge is -2.40. The minimum Gasteiger partial charge on any atom is -0.394 e. The van der Waals surface area contributed by atoms with E-state index in [1.807, 2.05) is 24.8 Å². The van der Waals surface area contributed by atoms with Gasteiger partial charge < -0.3 is 14.7 Å². The van der Waals surface area contributed by atoms with Gasteiger partial charge in [0.15, 0.2) is 5.11 Å². The van der Waals surface area contributed by atoms with E-state index in [4.69, 9.17) is 38.9 Å². The number of nitrogens with zero attached hydrogens (tertiary/aromatic N) is 3. The van der Waals surface area contributed by atoms with E-state index < -0.39 is 5.54 Å². The standard InChI is InChI=1S/C20H24ClN3O3S/c1-20(2)18(26)23(15-4-3-13(12-22)17(21)11-15)19(28)24(20)14-5-7-16(8-6-14)27-10-9-25/h3-4,11,14,16,25H,5-10H2,1-2H3. The number of carbonyl (C=O) groups excluding carboxylic acids is 1. The van der Waals surface area contributed by atoms with Gasteiger partial charge >= 0.3 is 0 Å². The number of anilines is 1. The highest BCUT2D eigenvalue weighted by molar-refractivity contribution is 7.80. The van der Waals surface area contributed by atoms with E-state index in [1.54, 1.807) is 18.2 Å². The molecule has 150 valence electrons. The zero-order chi connectivity index (χ0) is 20.5. The Hall–Kier alpha value is -1.72. The van der Waals surface area contributed by atoms with Crippen molar-refractivity contribution in [1.29, 1.82) is 5.26 Å². The van der Waals surface area contributed by atoms with Crippen molar-refractivity contribution in [2.75, 3.05) is 18.1 Å². The Balaban J connectivity index is 1.81. The molecule has 8 heteroatoms. The SMILES string of the molecule is CC1(C)C(=O)N(c2ccc(C#N)c(Cl)c2)C(=S)N1C1CCC(OCCO)CC1. The maximum absolute atomic E-state index is 13.2. The third-order valence-corrected chi connectivity index (χ3v) is 6.20. The van der Waals surface area contributed by atoms with Gasteiger partial charge in [0.1, 0.15) is 11.6 Å². The van der Waals surface area contributed by atoms with Gasteiger partial charge in [-0.1, -0.05) is 11.6 Å². The molecule has 0 aromatic heterocycles. The smallest absolute Gasteiger partial charge is 0.258 e. The highest BCUT2D eigenvalue weighted by atomic mass is 35.5. The predicted molar refractivity (Wildman–Crippen MR) is 111 cm³/mol. The van der Waals surface area contributed by atoms with Gasteiger partial charge in [0.2, 0.25) is 0 Å². The molecule has 1 saturated heterocycles. The van der Waals surface area contributed by atoms with E-state index in [9.17, 15) is 4.79 Å². The summed E-state index contributed by atoms with van der Waals surface area (Å²) in [7, 11) is 0. The molecule has 0 spiro atoms. The molecule has 1 N–H and O–H groups in total. The van der Waals surface area contributed by atoms with Crippen LogP contribution in [0.5, 0.6) is 0 Å². The second-order valence-electron chi connectivity index (χ2n) is 7.65. The number of aliphatic hydroxyl groups excluding tert-OH is 1. The molecule has 0 bridgehead atoms. The van der Waals surface area contributed by atoms with E-state index in [1.165, 1.54) is 4.90 Å². The molecule has 2 aliphatic rings. The van der Waals surface area contributed by atoms with Crippen LogP contribution in [-0.2, 0) is 9.53 Å². The van der Waals surface area contributed by atoms with Crippen LogP contribution >= 0.6 is 23.8 Å². The molecule has 0 atom stereocenters. The molecule has 1 aliphatic heterocycles. The zero-order valence-electron chi connectivity index (χ0n) is 16.0. The van der Waals surface area contributed by atoms with Crippen molar-refractivity contribution < 1.29 is 14.6 Å². The highest BCUT2D eigenvalue weighted by Crippen LogP contribution is 2.38. The number of halogens is 1. The first-order chi connectivity index (χ1) is 13.3. The number of amides is 1. The van der Waals surface area contributed by atoms with Crippen LogP contribution in [0.15, 0.2) is 18.2 Å². The lowest BCUT2D eigenvalue weighted by Crippen LogP contribution is -2.51. The number of hydrogen-bond donors (Lipinski definition) is 1. The van der Waals surface area contributed by atoms with E-state index in [-0.39, 0.29) is 24.7 Å². The molecule has 1 aromatic rings. The lowest BCUT2D eigenvalue weighted by molar-refractivity contribution is -0.124. The Morgan fingerprint density at radius 3 is 2.61 bits per heavy atom. The summed E-state index contributed by atoms with van der Waals surface area (Å²) in [5, 5.41) is 18.8. The van der Waals surface area contributed by atoms with Crippen LogP contribution in [0.3, 0.4) is 0 Å². The molecule has 1 aromatic carbocycles. The molecule has 0 radical (unpaired) electrons. The molecule has 1 amide bonds. The fraction of sp³-hybridized carbons (Fsp3) is 0.550. The molecule has 1 heterocycles.